The van der Waals surface area contributed by atoms with Crippen molar-refractivity contribution < 1.29 is 22.1 Å². The topological polar surface area (TPSA) is 61.8 Å². The van der Waals surface area contributed by atoms with Crippen molar-refractivity contribution in [2.45, 2.75) is 25.0 Å². The molecular formula is C12H18O5S. The molecule has 0 saturated carbocycles. The minimum Gasteiger partial charge on any atom is -0.382 e. The summed E-state index contributed by atoms with van der Waals surface area (Å²) in [6.07, 6.45) is -0.841. The molecule has 1 aromatic carbocycles. The fourth-order valence-corrected chi connectivity index (χ4v) is 2.26. The Kier molecular flexibility index (Phi) is 5.74. The van der Waals surface area contributed by atoms with E-state index in [2.05, 4.69) is 0 Å². The van der Waals surface area contributed by atoms with Gasteiger partial charge in [0.05, 0.1) is 18.1 Å². The molecule has 0 heterocycles. The molecule has 18 heavy (non-hydrogen) atoms. The first-order chi connectivity index (χ1) is 8.45. The highest BCUT2D eigenvalue weighted by Crippen LogP contribution is 2.15. The summed E-state index contributed by atoms with van der Waals surface area (Å²) in [5, 5.41) is 0. The van der Waals surface area contributed by atoms with Crippen LogP contribution < -0.4 is 0 Å². The highest BCUT2D eigenvalue weighted by molar-refractivity contribution is 7.86. The van der Waals surface area contributed by atoms with Crippen molar-refractivity contribution in [1.29, 1.82) is 0 Å². The molecule has 0 saturated heterocycles. The Hall–Kier alpha value is -0.950. The molecule has 0 fully saturated rings. The minimum atomic E-state index is -3.78. The Morgan fingerprint density at radius 3 is 2.33 bits per heavy atom. The molecule has 0 aliphatic rings. The predicted octanol–water partition coefficient (Wildman–Crippen LogP) is 1.71. The minimum absolute atomic E-state index is 0.121. The largest absolute Gasteiger partial charge is 0.382 e. The molecule has 1 atom stereocenters. The van der Waals surface area contributed by atoms with Crippen LogP contribution in [0.25, 0.3) is 0 Å². The van der Waals surface area contributed by atoms with Crippen LogP contribution in [0.15, 0.2) is 29.2 Å². The molecule has 0 amide bonds. The number of hydrogen-bond acceptors (Lipinski definition) is 5. The van der Waals surface area contributed by atoms with Crippen LogP contribution in [0.4, 0.5) is 0 Å². The summed E-state index contributed by atoms with van der Waals surface area (Å²) in [5.74, 6) is 0. The van der Waals surface area contributed by atoms with Crippen LogP contribution in [-0.4, -0.2) is 35.0 Å². The van der Waals surface area contributed by atoms with Gasteiger partial charge in [0.2, 0.25) is 0 Å². The Morgan fingerprint density at radius 1 is 1.17 bits per heavy atom. The van der Waals surface area contributed by atoms with E-state index in [9.17, 15) is 8.42 Å². The summed E-state index contributed by atoms with van der Waals surface area (Å²) in [5.41, 5.74) is 0.985. The van der Waals surface area contributed by atoms with Crippen LogP contribution in [0.5, 0.6) is 0 Å². The number of aryl methyl sites for hydroxylation is 1. The third-order valence-corrected chi connectivity index (χ3v) is 3.59. The van der Waals surface area contributed by atoms with Crippen molar-refractivity contribution in [3.05, 3.63) is 29.8 Å². The molecule has 6 heteroatoms. The van der Waals surface area contributed by atoms with Gasteiger partial charge in [-0.15, -0.1) is 0 Å². The molecule has 0 radical (unpaired) electrons. The number of rotatable bonds is 7. The van der Waals surface area contributed by atoms with E-state index < -0.39 is 16.4 Å². The van der Waals surface area contributed by atoms with Crippen LogP contribution in [-0.2, 0) is 23.8 Å². The summed E-state index contributed by atoms with van der Waals surface area (Å²) in [7, 11) is -2.24. The van der Waals surface area contributed by atoms with E-state index in [1.165, 1.54) is 26.2 Å². The Morgan fingerprint density at radius 2 is 1.78 bits per heavy atom. The fraction of sp³-hybridized carbons (Fsp3) is 0.500. The number of methoxy groups -OCH3 is 1. The van der Waals surface area contributed by atoms with Crippen molar-refractivity contribution in [3.63, 3.8) is 0 Å². The second-order valence-corrected chi connectivity index (χ2v) is 5.37. The summed E-state index contributed by atoms with van der Waals surface area (Å²) in [6.45, 7) is 4.08. The number of ether oxygens (including phenoxy) is 2. The second kappa shape index (κ2) is 6.84. The molecule has 0 spiro atoms. The quantitative estimate of drug-likeness (QED) is 0.430. The van der Waals surface area contributed by atoms with E-state index in [1.807, 2.05) is 6.92 Å². The Bertz CT molecular complexity index is 452. The van der Waals surface area contributed by atoms with Crippen molar-refractivity contribution in [1.82, 2.24) is 0 Å². The maximum atomic E-state index is 11.9. The van der Waals surface area contributed by atoms with Crippen LogP contribution in [0.1, 0.15) is 12.5 Å². The average molecular weight is 274 g/mol. The number of hydrogen-bond donors (Lipinski definition) is 0. The monoisotopic (exact) mass is 274 g/mol. The van der Waals surface area contributed by atoms with Gasteiger partial charge in [-0.1, -0.05) is 17.7 Å². The molecule has 1 unspecified atom stereocenters. The SMILES string of the molecule is COCCOC(C)OS(=O)(=O)c1ccc(C)cc1. The molecule has 0 N–H and O–H groups in total. The van der Waals surface area contributed by atoms with Crippen molar-refractivity contribution in [2.75, 3.05) is 20.3 Å². The third-order valence-electron chi connectivity index (χ3n) is 2.21. The molecule has 0 aromatic heterocycles. The van der Waals surface area contributed by atoms with Gasteiger partial charge in [0.1, 0.15) is 0 Å². The van der Waals surface area contributed by atoms with Crippen LogP contribution in [0.3, 0.4) is 0 Å². The molecule has 0 bridgehead atoms. The van der Waals surface area contributed by atoms with Crippen molar-refractivity contribution in [2.24, 2.45) is 0 Å². The summed E-state index contributed by atoms with van der Waals surface area (Å²) in [4.78, 5) is 0.121. The summed E-state index contributed by atoms with van der Waals surface area (Å²) < 4.78 is 38.5. The second-order valence-electron chi connectivity index (χ2n) is 3.79. The standard InChI is InChI=1S/C12H18O5S/c1-10-4-6-12(7-5-10)18(13,14)17-11(2)16-9-8-15-3/h4-7,11H,8-9H2,1-3H3. The van der Waals surface area contributed by atoms with Crippen LogP contribution >= 0.6 is 0 Å². The smallest absolute Gasteiger partial charge is 0.299 e. The third kappa shape index (κ3) is 4.73. The van der Waals surface area contributed by atoms with Gasteiger partial charge in [-0.25, -0.2) is 4.18 Å². The normalized spacial score (nSPS) is 13.5. The van der Waals surface area contributed by atoms with Crippen LogP contribution in [0.2, 0.25) is 0 Å². The maximum Gasteiger partial charge on any atom is 0.299 e. The van der Waals surface area contributed by atoms with Gasteiger partial charge in [0.25, 0.3) is 10.1 Å². The highest BCUT2D eigenvalue weighted by atomic mass is 32.2. The summed E-state index contributed by atoms with van der Waals surface area (Å²) >= 11 is 0. The zero-order chi connectivity index (χ0) is 13.6. The van der Waals surface area contributed by atoms with E-state index in [1.54, 1.807) is 12.1 Å². The lowest BCUT2D eigenvalue weighted by atomic mass is 10.2. The van der Waals surface area contributed by atoms with Gasteiger partial charge in [0, 0.05) is 7.11 Å². The fourth-order valence-electron chi connectivity index (χ4n) is 1.26. The predicted molar refractivity (Wildman–Crippen MR) is 66.7 cm³/mol. The first-order valence-electron chi connectivity index (χ1n) is 5.56. The molecule has 0 aliphatic carbocycles. The molecule has 1 rings (SSSR count). The van der Waals surface area contributed by atoms with Crippen molar-refractivity contribution >= 4 is 10.1 Å². The van der Waals surface area contributed by atoms with Gasteiger partial charge in [-0.2, -0.15) is 8.42 Å². The molecule has 102 valence electrons. The van der Waals surface area contributed by atoms with Gasteiger partial charge in [-0.3, -0.25) is 0 Å². The van der Waals surface area contributed by atoms with Gasteiger partial charge < -0.3 is 9.47 Å². The maximum absolute atomic E-state index is 11.9. The van der Waals surface area contributed by atoms with Gasteiger partial charge in [-0.05, 0) is 26.0 Å². The Balaban J connectivity index is 2.61. The van der Waals surface area contributed by atoms with E-state index >= 15 is 0 Å². The zero-order valence-electron chi connectivity index (χ0n) is 10.8. The zero-order valence-corrected chi connectivity index (χ0v) is 11.6. The molecule has 1 aromatic rings. The molecule has 5 nitrogen and oxygen atoms in total. The van der Waals surface area contributed by atoms with E-state index in [0.29, 0.717) is 6.61 Å². The lowest BCUT2D eigenvalue weighted by Gasteiger charge is -2.13. The lowest BCUT2D eigenvalue weighted by Crippen LogP contribution is -2.20. The first kappa shape index (κ1) is 15.1. The lowest BCUT2D eigenvalue weighted by molar-refractivity contribution is -0.0761. The number of benzene rings is 1. The molecular weight excluding hydrogens is 256 g/mol. The van der Waals surface area contributed by atoms with E-state index in [0.717, 1.165) is 5.56 Å². The molecule has 0 aliphatic heterocycles. The van der Waals surface area contributed by atoms with Crippen LogP contribution in [0, 0.1) is 6.92 Å². The average Bonchev–Trinajstić information content (AvgIpc) is 2.29. The first-order valence-corrected chi connectivity index (χ1v) is 6.97. The summed E-state index contributed by atoms with van der Waals surface area (Å²) in [6, 6.07) is 6.44. The van der Waals surface area contributed by atoms with E-state index in [-0.39, 0.29) is 11.5 Å². The van der Waals surface area contributed by atoms with Crippen molar-refractivity contribution in [3.8, 4) is 0 Å². The Labute approximate surface area is 108 Å². The highest BCUT2D eigenvalue weighted by Gasteiger charge is 2.19. The van der Waals surface area contributed by atoms with Gasteiger partial charge in [0.15, 0.2) is 6.29 Å². The van der Waals surface area contributed by atoms with E-state index in [4.69, 9.17) is 13.7 Å². The van der Waals surface area contributed by atoms with Gasteiger partial charge >= 0.3 is 0 Å².